The highest BCUT2D eigenvalue weighted by molar-refractivity contribution is 6.30. The summed E-state index contributed by atoms with van der Waals surface area (Å²) in [6.07, 6.45) is 0. The van der Waals surface area contributed by atoms with E-state index in [1.54, 1.807) is 33.8 Å². The summed E-state index contributed by atoms with van der Waals surface area (Å²) >= 11 is 5.77. The Morgan fingerprint density at radius 1 is 1.24 bits per heavy atom. The van der Waals surface area contributed by atoms with E-state index in [0.29, 0.717) is 5.56 Å². The number of carbonyl (C=O) groups excluding carboxylic acids is 2. The molecule has 0 aliphatic carbocycles. The van der Waals surface area contributed by atoms with Crippen molar-refractivity contribution in [3.8, 4) is 0 Å². The summed E-state index contributed by atoms with van der Waals surface area (Å²) in [5, 5.41) is 2.71. The molecule has 1 aliphatic heterocycles. The topological polar surface area (TPSA) is 49.4 Å². The molecule has 2 amide bonds. The van der Waals surface area contributed by atoms with Crippen LogP contribution in [0.25, 0.3) is 0 Å². The highest BCUT2D eigenvalue weighted by Gasteiger charge is 2.49. The molecule has 0 atom stereocenters. The zero-order chi connectivity index (χ0) is 16.0. The van der Waals surface area contributed by atoms with E-state index in [0.717, 1.165) is 0 Å². The Morgan fingerprint density at radius 2 is 1.86 bits per heavy atom. The second-order valence-corrected chi connectivity index (χ2v) is 6.69. The summed E-state index contributed by atoms with van der Waals surface area (Å²) in [4.78, 5) is 26.3. The molecule has 1 N–H and O–H groups in total. The van der Waals surface area contributed by atoms with Gasteiger partial charge >= 0.3 is 0 Å². The van der Waals surface area contributed by atoms with Gasteiger partial charge < -0.3 is 10.2 Å². The Morgan fingerprint density at radius 3 is 2.43 bits per heavy atom. The van der Waals surface area contributed by atoms with Crippen molar-refractivity contribution in [3.63, 3.8) is 0 Å². The Bertz CT molecular complexity index is 614. The zero-order valence-electron chi connectivity index (χ0n) is 12.5. The number of nitrogens with one attached hydrogen (secondary N) is 1. The van der Waals surface area contributed by atoms with Crippen LogP contribution >= 0.6 is 11.6 Å². The van der Waals surface area contributed by atoms with Gasteiger partial charge in [0, 0.05) is 6.54 Å². The maximum absolute atomic E-state index is 13.2. The number of carbonyl (C=O) groups is 2. The van der Waals surface area contributed by atoms with Crippen LogP contribution in [0.1, 0.15) is 33.3 Å². The number of hydrogen-bond acceptors (Lipinski definition) is 2. The summed E-state index contributed by atoms with van der Waals surface area (Å²) in [7, 11) is 0. The van der Waals surface area contributed by atoms with Crippen molar-refractivity contribution in [2.24, 2.45) is 0 Å². The van der Waals surface area contributed by atoms with Crippen molar-refractivity contribution in [3.05, 3.63) is 34.6 Å². The van der Waals surface area contributed by atoms with E-state index in [2.05, 4.69) is 5.32 Å². The van der Waals surface area contributed by atoms with Gasteiger partial charge in [0.05, 0.1) is 5.02 Å². The largest absolute Gasteiger partial charge is 0.340 e. The highest BCUT2D eigenvalue weighted by Crippen LogP contribution is 2.28. The molecule has 1 aromatic carbocycles. The molecule has 1 aliphatic rings. The van der Waals surface area contributed by atoms with Crippen molar-refractivity contribution < 1.29 is 14.0 Å². The zero-order valence-corrected chi connectivity index (χ0v) is 13.2. The molecule has 6 heteroatoms. The Labute approximate surface area is 128 Å². The molecule has 0 saturated carbocycles. The van der Waals surface area contributed by atoms with Gasteiger partial charge in [0.2, 0.25) is 11.8 Å². The lowest BCUT2D eigenvalue weighted by Crippen LogP contribution is -2.71. The number of halogens is 2. The van der Waals surface area contributed by atoms with Crippen LogP contribution in [0.15, 0.2) is 18.2 Å². The maximum atomic E-state index is 13.2. The first-order chi connectivity index (χ1) is 9.55. The molecule has 0 bridgehead atoms. The number of nitrogens with zero attached hydrogens (tertiary/aromatic N) is 1. The van der Waals surface area contributed by atoms with Crippen molar-refractivity contribution in [1.82, 2.24) is 10.2 Å². The van der Waals surface area contributed by atoms with Gasteiger partial charge in [-0.15, -0.1) is 0 Å². The minimum absolute atomic E-state index is 0.00141. The van der Waals surface area contributed by atoms with Crippen LogP contribution in [0, 0.1) is 5.82 Å². The molecule has 21 heavy (non-hydrogen) atoms. The number of hydrogen-bond donors (Lipinski definition) is 1. The van der Waals surface area contributed by atoms with E-state index in [-0.39, 0.29) is 23.4 Å². The number of rotatable bonds is 2. The first-order valence-electron chi connectivity index (χ1n) is 6.64. The van der Waals surface area contributed by atoms with Crippen molar-refractivity contribution in [2.45, 2.75) is 45.3 Å². The predicted molar refractivity (Wildman–Crippen MR) is 78.3 cm³/mol. The molecule has 1 heterocycles. The quantitative estimate of drug-likeness (QED) is 0.912. The van der Waals surface area contributed by atoms with E-state index in [1.165, 1.54) is 17.0 Å². The lowest BCUT2D eigenvalue weighted by Gasteiger charge is -2.47. The average molecular weight is 313 g/mol. The molecular weight excluding hydrogens is 295 g/mol. The normalized spacial score (nSPS) is 20.4. The third-order valence-corrected chi connectivity index (χ3v) is 4.05. The molecule has 1 saturated heterocycles. The first-order valence-corrected chi connectivity index (χ1v) is 7.02. The van der Waals surface area contributed by atoms with Crippen LogP contribution in [0.3, 0.4) is 0 Å². The Kier molecular flexibility index (Phi) is 3.74. The molecule has 1 fully saturated rings. The van der Waals surface area contributed by atoms with E-state index in [9.17, 15) is 14.0 Å². The van der Waals surface area contributed by atoms with E-state index < -0.39 is 16.9 Å². The fourth-order valence-electron chi connectivity index (χ4n) is 2.29. The maximum Gasteiger partial charge on any atom is 0.248 e. The van der Waals surface area contributed by atoms with Gasteiger partial charge in [-0.25, -0.2) is 4.39 Å². The predicted octanol–water partition coefficient (Wildman–Crippen LogP) is 2.49. The molecule has 0 aromatic heterocycles. The van der Waals surface area contributed by atoms with Crippen LogP contribution in [-0.2, 0) is 16.1 Å². The van der Waals surface area contributed by atoms with Crippen molar-refractivity contribution in [2.75, 3.05) is 0 Å². The molecular formula is C15H18ClFN2O2. The molecule has 0 radical (unpaired) electrons. The number of benzene rings is 1. The molecule has 0 unspecified atom stereocenters. The summed E-state index contributed by atoms with van der Waals surface area (Å²) < 4.78 is 13.2. The van der Waals surface area contributed by atoms with Gasteiger partial charge in [0.15, 0.2) is 0 Å². The first kappa shape index (κ1) is 15.8. The van der Waals surface area contributed by atoms with E-state index in [1.807, 2.05) is 0 Å². The lowest BCUT2D eigenvalue weighted by atomic mass is 9.89. The highest BCUT2D eigenvalue weighted by atomic mass is 35.5. The molecule has 4 nitrogen and oxygen atoms in total. The summed E-state index contributed by atoms with van der Waals surface area (Å²) in [5.41, 5.74) is -1.27. The fourth-order valence-corrected chi connectivity index (χ4v) is 2.50. The molecule has 114 valence electrons. The summed E-state index contributed by atoms with van der Waals surface area (Å²) in [6.45, 7) is 6.88. The average Bonchev–Trinajstić information content (AvgIpc) is 2.37. The minimum Gasteiger partial charge on any atom is -0.340 e. The number of amides is 2. The SMILES string of the molecule is CC1(C)NC(=O)C(C)(C)N(Cc2ccc(F)c(Cl)c2)C1=O. The monoisotopic (exact) mass is 312 g/mol. The van der Waals surface area contributed by atoms with Gasteiger partial charge in [0.25, 0.3) is 0 Å². The lowest BCUT2D eigenvalue weighted by molar-refractivity contribution is -0.160. The van der Waals surface area contributed by atoms with E-state index >= 15 is 0 Å². The molecule has 1 aromatic rings. The van der Waals surface area contributed by atoms with Gasteiger partial charge in [-0.2, -0.15) is 0 Å². The smallest absolute Gasteiger partial charge is 0.248 e. The summed E-state index contributed by atoms with van der Waals surface area (Å²) in [5.74, 6) is -0.921. The van der Waals surface area contributed by atoms with Crippen LogP contribution < -0.4 is 5.32 Å². The fraction of sp³-hybridized carbons (Fsp3) is 0.467. The van der Waals surface area contributed by atoms with Gasteiger partial charge in [-0.1, -0.05) is 17.7 Å². The Balaban J connectivity index is 2.36. The molecule has 0 spiro atoms. The van der Waals surface area contributed by atoms with Crippen LogP contribution in [0.4, 0.5) is 4.39 Å². The van der Waals surface area contributed by atoms with Crippen LogP contribution in [-0.4, -0.2) is 27.8 Å². The van der Waals surface area contributed by atoms with Crippen LogP contribution in [0.2, 0.25) is 5.02 Å². The van der Waals surface area contributed by atoms with Crippen LogP contribution in [0.5, 0.6) is 0 Å². The van der Waals surface area contributed by atoms with Gasteiger partial charge in [0.1, 0.15) is 16.9 Å². The second kappa shape index (κ2) is 4.98. The van der Waals surface area contributed by atoms with Gasteiger partial charge in [-0.3, -0.25) is 9.59 Å². The van der Waals surface area contributed by atoms with Crippen molar-refractivity contribution in [1.29, 1.82) is 0 Å². The third-order valence-electron chi connectivity index (χ3n) is 3.76. The Hall–Kier alpha value is -1.62. The second-order valence-electron chi connectivity index (χ2n) is 6.28. The minimum atomic E-state index is -0.979. The van der Waals surface area contributed by atoms with Gasteiger partial charge in [-0.05, 0) is 45.4 Å². The third kappa shape index (κ3) is 2.75. The van der Waals surface area contributed by atoms with Crippen molar-refractivity contribution >= 4 is 23.4 Å². The molecule has 2 rings (SSSR count). The van der Waals surface area contributed by atoms with E-state index in [4.69, 9.17) is 11.6 Å². The summed E-state index contributed by atoms with van der Waals surface area (Å²) in [6, 6.07) is 4.29. The standard InChI is InChI=1S/C15H18ClFN2O2/c1-14(2)13(21)19(15(3,4)12(20)18-14)8-9-5-6-11(17)10(16)7-9/h5-7H,8H2,1-4H3,(H,18,20). The number of piperazine rings is 1.